The van der Waals surface area contributed by atoms with Crippen LogP contribution in [0, 0.1) is 11.6 Å². The first-order valence-corrected chi connectivity index (χ1v) is 12.0. The molecule has 1 unspecified atom stereocenters. The van der Waals surface area contributed by atoms with Crippen LogP contribution in [-0.2, 0) is 23.8 Å². The highest BCUT2D eigenvalue weighted by Gasteiger charge is 2.50. The maximum atomic E-state index is 14.5. The Bertz CT molecular complexity index is 1460. The summed E-state index contributed by atoms with van der Waals surface area (Å²) < 4.78 is 31.1. The highest BCUT2D eigenvalue weighted by molar-refractivity contribution is 6.31. The van der Waals surface area contributed by atoms with Crippen molar-refractivity contribution in [3.05, 3.63) is 68.5 Å². The van der Waals surface area contributed by atoms with Gasteiger partial charge in [-0.25, -0.2) is 8.78 Å². The Morgan fingerprint density at radius 1 is 0.912 bits per heavy atom. The molecule has 2 aromatic heterocycles. The zero-order chi connectivity index (χ0) is 24.6. The number of aliphatic hydroxyl groups is 2. The van der Waals surface area contributed by atoms with Crippen LogP contribution in [0.1, 0.15) is 49.7 Å². The SMILES string of the molecule is CC1(C)CC(C)(c2[nH]c3cc(Cl)c(F)cc3c2CCO)n2c1c(CCO)c1cc(F)c(Cl)cc12. The first kappa shape index (κ1) is 23.6. The molecule has 3 N–H and O–H groups in total. The Kier molecular flexibility index (Phi) is 5.52. The molecule has 0 fully saturated rings. The van der Waals surface area contributed by atoms with Crippen LogP contribution >= 0.6 is 23.2 Å². The Hall–Kier alpha value is -2.12. The molecular weight excluding hydrogens is 481 g/mol. The fourth-order valence-corrected chi connectivity index (χ4v) is 6.56. The van der Waals surface area contributed by atoms with Gasteiger partial charge in [0.25, 0.3) is 0 Å². The van der Waals surface area contributed by atoms with E-state index in [2.05, 4.69) is 30.3 Å². The van der Waals surface area contributed by atoms with Crippen LogP contribution in [0.2, 0.25) is 10.0 Å². The van der Waals surface area contributed by atoms with Crippen LogP contribution < -0.4 is 0 Å². The molecule has 0 bridgehead atoms. The summed E-state index contributed by atoms with van der Waals surface area (Å²) in [6.07, 6.45) is 1.41. The van der Waals surface area contributed by atoms with Crippen LogP contribution in [0.15, 0.2) is 24.3 Å². The van der Waals surface area contributed by atoms with Crippen LogP contribution in [0.4, 0.5) is 8.78 Å². The number of rotatable bonds is 5. The zero-order valence-corrected chi connectivity index (χ0v) is 20.7. The van der Waals surface area contributed by atoms with E-state index in [1.165, 1.54) is 12.1 Å². The first-order valence-electron chi connectivity index (χ1n) is 11.3. The number of hydrogen-bond acceptors (Lipinski definition) is 2. The molecule has 3 heterocycles. The Labute approximate surface area is 206 Å². The van der Waals surface area contributed by atoms with Gasteiger partial charge in [-0.15, -0.1) is 0 Å². The third-order valence-electron chi connectivity index (χ3n) is 7.24. The number of halogens is 4. The fourth-order valence-electron chi connectivity index (χ4n) is 6.23. The largest absolute Gasteiger partial charge is 0.396 e. The molecule has 0 saturated carbocycles. The van der Waals surface area contributed by atoms with E-state index in [1.54, 1.807) is 12.1 Å². The minimum absolute atomic E-state index is 0.0207. The van der Waals surface area contributed by atoms with Crippen molar-refractivity contribution in [3.63, 3.8) is 0 Å². The molecule has 4 nitrogen and oxygen atoms in total. The van der Waals surface area contributed by atoms with Gasteiger partial charge in [0.2, 0.25) is 0 Å². The number of aromatic nitrogens is 2. The normalized spacial score (nSPS) is 19.4. The van der Waals surface area contributed by atoms with Crippen molar-refractivity contribution in [1.82, 2.24) is 9.55 Å². The van der Waals surface area contributed by atoms with Crippen molar-refractivity contribution in [2.75, 3.05) is 13.2 Å². The van der Waals surface area contributed by atoms with Gasteiger partial charge in [-0.05, 0) is 61.6 Å². The van der Waals surface area contributed by atoms with Crippen LogP contribution in [0.5, 0.6) is 0 Å². The number of nitrogens with one attached hydrogen (secondary N) is 1. The summed E-state index contributed by atoms with van der Waals surface area (Å²) in [7, 11) is 0. The third-order valence-corrected chi connectivity index (χ3v) is 7.82. The average molecular weight is 507 g/mol. The van der Waals surface area contributed by atoms with E-state index < -0.39 is 17.2 Å². The van der Waals surface area contributed by atoms with E-state index in [9.17, 15) is 19.0 Å². The maximum Gasteiger partial charge on any atom is 0.142 e. The predicted molar refractivity (Wildman–Crippen MR) is 132 cm³/mol. The molecule has 0 saturated heterocycles. The van der Waals surface area contributed by atoms with Crippen molar-refractivity contribution >= 4 is 45.0 Å². The molecule has 1 aliphatic heterocycles. The van der Waals surface area contributed by atoms with E-state index in [0.29, 0.717) is 30.2 Å². The summed E-state index contributed by atoms with van der Waals surface area (Å²) in [4.78, 5) is 3.47. The van der Waals surface area contributed by atoms with Crippen molar-refractivity contribution in [1.29, 1.82) is 0 Å². The second kappa shape index (κ2) is 7.95. The van der Waals surface area contributed by atoms with Gasteiger partial charge < -0.3 is 19.8 Å². The standard InChI is InChI=1S/C26H26Cl2F2N2O2/c1-25(2)12-26(3,23-13(4-6-33)15-8-19(29)17(27)10-21(15)31-23)32-22-11-18(28)20(30)9-16(22)14(5-7-34)24(25)32/h8-11,31,33-34H,4-7,12H2,1-3H3. The van der Waals surface area contributed by atoms with Gasteiger partial charge in [-0.2, -0.15) is 0 Å². The smallest absolute Gasteiger partial charge is 0.142 e. The molecule has 5 rings (SSSR count). The van der Waals surface area contributed by atoms with Crippen molar-refractivity contribution in [2.45, 2.75) is 51.0 Å². The van der Waals surface area contributed by atoms with E-state index in [-0.39, 0.29) is 28.7 Å². The van der Waals surface area contributed by atoms with Crippen molar-refractivity contribution < 1.29 is 19.0 Å². The van der Waals surface area contributed by atoms with Gasteiger partial charge >= 0.3 is 0 Å². The molecule has 0 radical (unpaired) electrons. The monoisotopic (exact) mass is 506 g/mol. The average Bonchev–Trinajstić information content (AvgIpc) is 3.33. The quantitative estimate of drug-likeness (QED) is 0.300. The lowest BCUT2D eigenvalue weighted by Crippen LogP contribution is -2.30. The van der Waals surface area contributed by atoms with Gasteiger partial charge in [0.05, 0.1) is 21.1 Å². The summed E-state index contributed by atoms with van der Waals surface area (Å²) >= 11 is 12.3. The number of hydrogen-bond donors (Lipinski definition) is 3. The van der Waals surface area contributed by atoms with Crippen LogP contribution in [0.25, 0.3) is 21.8 Å². The fraction of sp³-hybridized carbons (Fsp3) is 0.385. The molecule has 1 atom stereocenters. The molecule has 2 aromatic carbocycles. The molecule has 34 heavy (non-hydrogen) atoms. The summed E-state index contributed by atoms with van der Waals surface area (Å²) in [6, 6.07) is 6.06. The van der Waals surface area contributed by atoms with Crippen molar-refractivity contribution in [2.24, 2.45) is 0 Å². The number of fused-ring (bicyclic) bond motifs is 4. The highest BCUT2D eigenvalue weighted by atomic mass is 35.5. The number of nitrogens with zero attached hydrogens (tertiary/aromatic N) is 1. The second-order valence-electron chi connectivity index (χ2n) is 10.0. The molecule has 0 spiro atoms. The summed E-state index contributed by atoms with van der Waals surface area (Å²) in [5, 5.41) is 21.1. The summed E-state index contributed by atoms with van der Waals surface area (Å²) in [5.74, 6) is -1.02. The minimum atomic E-state index is -0.640. The number of H-pyrrole nitrogens is 1. The number of aliphatic hydroxyl groups excluding tert-OH is 2. The van der Waals surface area contributed by atoms with E-state index in [0.717, 1.165) is 33.4 Å². The lowest BCUT2D eigenvalue weighted by atomic mass is 9.77. The van der Waals surface area contributed by atoms with Crippen LogP contribution in [-0.4, -0.2) is 33.0 Å². The molecule has 1 aliphatic rings. The minimum Gasteiger partial charge on any atom is -0.396 e. The summed E-state index contributed by atoms with van der Waals surface area (Å²) in [6.45, 7) is 6.19. The first-order chi connectivity index (χ1) is 16.0. The van der Waals surface area contributed by atoms with Crippen molar-refractivity contribution in [3.8, 4) is 0 Å². The van der Waals surface area contributed by atoms with E-state index >= 15 is 0 Å². The topological polar surface area (TPSA) is 61.2 Å². The molecule has 180 valence electrons. The van der Waals surface area contributed by atoms with E-state index in [4.69, 9.17) is 23.2 Å². The molecule has 4 aromatic rings. The number of aromatic amines is 1. The Balaban J connectivity index is 1.89. The van der Waals surface area contributed by atoms with Gasteiger partial charge in [0.1, 0.15) is 11.6 Å². The summed E-state index contributed by atoms with van der Waals surface area (Å²) in [5.41, 5.74) is 4.07. The van der Waals surface area contributed by atoms with E-state index in [1.807, 2.05) is 0 Å². The second-order valence-corrected chi connectivity index (χ2v) is 10.8. The van der Waals surface area contributed by atoms with Crippen LogP contribution in [0.3, 0.4) is 0 Å². The van der Waals surface area contributed by atoms with Gasteiger partial charge in [0.15, 0.2) is 0 Å². The third kappa shape index (κ3) is 3.23. The zero-order valence-electron chi connectivity index (χ0n) is 19.2. The lowest BCUT2D eigenvalue weighted by molar-refractivity contribution is 0.297. The molecular formula is C26H26Cl2F2N2O2. The Morgan fingerprint density at radius 2 is 1.50 bits per heavy atom. The highest BCUT2D eigenvalue weighted by Crippen LogP contribution is 2.54. The van der Waals surface area contributed by atoms with Gasteiger partial charge in [-0.1, -0.05) is 37.0 Å². The van der Waals surface area contributed by atoms with Gasteiger partial charge in [-0.3, -0.25) is 0 Å². The lowest BCUT2D eigenvalue weighted by Gasteiger charge is -2.30. The maximum absolute atomic E-state index is 14.5. The number of benzene rings is 2. The van der Waals surface area contributed by atoms with Gasteiger partial charge in [0, 0.05) is 46.3 Å². The molecule has 8 heteroatoms. The molecule has 0 aliphatic carbocycles. The predicted octanol–water partition coefficient (Wildman–Crippen LogP) is 6.22. The Morgan fingerprint density at radius 3 is 2.15 bits per heavy atom. The molecule has 0 amide bonds.